The van der Waals surface area contributed by atoms with Gasteiger partial charge in [0.1, 0.15) is 6.54 Å². The summed E-state index contributed by atoms with van der Waals surface area (Å²) in [7, 11) is 0. The summed E-state index contributed by atoms with van der Waals surface area (Å²) in [5.74, 6) is -1.57. The van der Waals surface area contributed by atoms with Crippen LogP contribution in [-0.2, 0) is 14.3 Å². The lowest BCUT2D eigenvalue weighted by Gasteiger charge is -2.14. The van der Waals surface area contributed by atoms with Gasteiger partial charge in [-0.25, -0.2) is 0 Å². The molecule has 0 fully saturated rings. The first-order chi connectivity index (χ1) is 12.3. The Morgan fingerprint density at radius 3 is 2.46 bits per heavy atom. The molecule has 2 aromatic rings. The molecular weight excluding hydrogens is 356 g/mol. The molecule has 1 unspecified atom stereocenters. The van der Waals surface area contributed by atoms with Crippen molar-refractivity contribution in [1.29, 1.82) is 0 Å². The molecule has 0 aliphatic heterocycles. The highest BCUT2D eigenvalue weighted by atomic mass is 35.5. The standard InChI is InChI=1S/C19H19ClN2O4/c1-12-4-3-5-14(10-12)19(25)21-11-17(23)26-13(2)18(24)22-16-8-6-15(20)7-9-16/h3-10,13H,11H2,1-2H3,(H,21,25)(H,22,24). The van der Waals surface area contributed by atoms with Crippen LogP contribution in [0.2, 0.25) is 5.02 Å². The Bertz CT molecular complexity index is 805. The van der Waals surface area contributed by atoms with Crippen LogP contribution in [0.3, 0.4) is 0 Å². The van der Waals surface area contributed by atoms with Gasteiger partial charge in [-0.1, -0.05) is 29.3 Å². The van der Waals surface area contributed by atoms with Crippen LogP contribution in [0.15, 0.2) is 48.5 Å². The molecule has 0 aromatic heterocycles. The molecule has 7 heteroatoms. The van der Waals surface area contributed by atoms with E-state index in [4.69, 9.17) is 16.3 Å². The van der Waals surface area contributed by atoms with Crippen molar-refractivity contribution in [3.05, 3.63) is 64.7 Å². The number of esters is 1. The molecule has 0 heterocycles. The lowest BCUT2D eigenvalue weighted by atomic mass is 10.1. The average molecular weight is 375 g/mol. The Hall–Kier alpha value is -2.86. The fraction of sp³-hybridized carbons (Fsp3) is 0.211. The van der Waals surface area contributed by atoms with E-state index < -0.39 is 18.0 Å². The average Bonchev–Trinajstić information content (AvgIpc) is 2.61. The maximum atomic E-state index is 12.0. The summed E-state index contributed by atoms with van der Waals surface area (Å²) in [6.45, 7) is 2.99. The van der Waals surface area contributed by atoms with Crippen molar-refractivity contribution in [1.82, 2.24) is 5.32 Å². The maximum absolute atomic E-state index is 12.0. The monoisotopic (exact) mass is 374 g/mol. The Morgan fingerprint density at radius 2 is 1.81 bits per heavy atom. The van der Waals surface area contributed by atoms with Gasteiger partial charge in [0, 0.05) is 16.3 Å². The third-order valence-electron chi connectivity index (χ3n) is 3.46. The lowest BCUT2D eigenvalue weighted by Crippen LogP contribution is -2.35. The lowest BCUT2D eigenvalue weighted by molar-refractivity contribution is -0.152. The Balaban J connectivity index is 1.80. The topological polar surface area (TPSA) is 84.5 Å². The number of amides is 2. The zero-order chi connectivity index (χ0) is 19.1. The molecule has 0 bridgehead atoms. The van der Waals surface area contributed by atoms with Gasteiger partial charge in [-0.3, -0.25) is 14.4 Å². The van der Waals surface area contributed by atoms with Crippen LogP contribution in [0.4, 0.5) is 5.69 Å². The van der Waals surface area contributed by atoms with Crippen LogP contribution in [0, 0.1) is 6.92 Å². The second-order valence-corrected chi connectivity index (χ2v) is 6.12. The van der Waals surface area contributed by atoms with E-state index >= 15 is 0 Å². The molecule has 1 atom stereocenters. The first-order valence-corrected chi connectivity index (χ1v) is 8.34. The summed E-state index contributed by atoms with van der Waals surface area (Å²) >= 11 is 5.78. The van der Waals surface area contributed by atoms with E-state index in [1.54, 1.807) is 42.5 Å². The summed E-state index contributed by atoms with van der Waals surface area (Å²) in [6.07, 6.45) is -1.01. The predicted molar refractivity (Wildman–Crippen MR) is 99.1 cm³/mol. The maximum Gasteiger partial charge on any atom is 0.326 e. The van der Waals surface area contributed by atoms with E-state index in [1.165, 1.54) is 6.92 Å². The number of anilines is 1. The van der Waals surface area contributed by atoms with Crippen molar-refractivity contribution < 1.29 is 19.1 Å². The molecule has 2 amide bonds. The molecule has 2 aromatic carbocycles. The number of carbonyl (C=O) groups is 3. The number of ether oxygens (including phenoxy) is 1. The minimum absolute atomic E-state index is 0.328. The molecule has 0 saturated carbocycles. The first kappa shape index (κ1) is 19.5. The predicted octanol–water partition coefficient (Wildman–Crippen LogP) is 2.95. The molecule has 2 rings (SSSR count). The van der Waals surface area contributed by atoms with E-state index in [0.29, 0.717) is 16.3 Å². The fourth-order valence-corrected chi connectivity index (χ4v) is 2.24. The Labute approximate surface area is 156 Å². The van der Waals surface area contributed by atoms with Crippen molar-refractivity contribution in [2.45, 2.75) is 20.0 Å². The molecule has 0 aliphatic rings. The number of hydrogen-bond donors (Lipinski definition) is 2. The molecule has 26 heavy (non-hydrogen) atoms. The van der Waals surface area contributed by atoms with Gasteiger partial charge in [-0.2, -0.15) is 0 Å². The third kappa shape index (κ3) is 5.89. The summed E-state index contributed by atoms with van der Waals surface area (Å²) < 4.78 is 5.03. The number of carbonyl (C=O) groups excluding carboxylic acids is 3. The van der Waals surface area contributed by atoms with Crippen LogP contribution >= 0.6 is 11.6 Å². The zero-order valence-electron chi connectivity index (χ0n) is 14.4. The Morgan fingerprint density at radius 1 is 1.12 bits per heavy atom. The largest absolute Gasteiger partial charge is 0.451 e. The minimum atomic E-state index is -1.01. The molecule has 0 saturated heterocycles. The Kier molecular flexibility index (Phi) is 6.74. The molecule has 136 valence electrons. The van der Waals surface area contributed by atoms with E-state index in [2.05, 4.69) is 10.6 Å². The van der Waals surface area contributed by atoms with Gasteiger partial charge in [0.05, 0.1) is 0 Å². The van der Waals surface area contributed by atoms with Crippen LogP contribution in [0.5, 0.6) is 0 Å². The van der Waals surface area contributed by atoms with Gasteiger partial charge < -0.3 is 15.4 Å². The molecule has 0 radical (unpaired) electrons. The highest BCUT2D eigenvalue weighted by Crippen LogP contribution is 2.13. The normalized spacial score (nSPS) is 11.3. The van der Waals surface area contributed by atoms with Crippen molar-refractivity contribution in [3.8, 4) is 0 Å². The van der Waals surface area contributed by atoms with Crippen molar-refractivity contribution in [2.75, 3.05) is 11.9 Å². The number of benzene rings is 2. The second-order valence-electron chi connectivity index (χ2n) is 5.68. The van der Waals surface area contributed by atoms with Crippen LogP contribution < -0.4 is 10.6 Å². The number of halogens is 1. The second kappa shape index (κ2) is 9.01. The van der Waals surface area contributed by atoms with E-state index in [1.807, 2.05) is 13.0 Å². The van der Waals surface area contributed by atoms with Gasteiger partial charge >= 0.3 is 5.97 Å². The van der Waals surface area contributed by atoms with Crippen LogP contribution in [0.1, 0.15) is 22.8 Å². The summed E-state index contributed by atoms with van der Waals surface area (Å²) in [6, 6.07) is 13.5. The molecule has 0 spiro atoms. The van der Waals surface area contributed by atoms with Crippen LogP contribution in [-0.4, -0.2) is 30.4 Å². The van der Waals surface area contributed by atoms with Crippen molar-refractivity contribution >= 4 is 35.1 Å². The van der Waals surface area contributed by atoms with E-state index in [-0.39, 0.29) is 12.5 Å². The summed E-state index contributed by atoms with van der Waals surface area (Å²) in [5.41, 5.74) is 1.93. The molecule has 2 N–H and O–H groups in total. The minimum Gasteiger partial charge on any atom is -0.451 e. The van der Waals surface area contributed by atoms with Gasteiger partial charge in [0.15, 0.2) is 6.10 Å². The zero-order valence-corrected chi connectivity index (χ0v) is 15.2. The number of rotatable bonds is 6. The molecule has 6 nitrogen and oxygen atoms in total. The smallest absolute Gasteiger partial charge is 0.326 e. The van der Waals surface area contributed by atoms with Gasteiger partial charge in [0.25, 0.3) is 11.8 Å². The van der Waals surface area contributed by atoms with E-state index in [0.717, 1.165) is 5.56 Å². The first-order valence-electron chi connectivity index (χ1n) is 7.96. The van der Waals surface area contributed by atoms with Crippen molar-refractivity contribution in [3.63, 3.8) is 0 Å². The number of hydrogen-bond acceptors (Lipinski definition) is 4. The fourth-order valence-electron chi connectivity index (χ4n) is 2.11. The van der Waals surface area contributed by atoms with Gasteiger partial charge in [-0.15, -0.1) is 0 Å². The summed E-state index contributed by atoms with van der Waals surface area (Å²) in [4.78, 5) is 35.8. The molecular formula is C19H19ClN2O4. The quantitative estimate of drug-likeness (QED) is 0.761. The summed E-state index contributed by atoms with van der Waals surface area (Å²) in [5, 5.41) is 5.62. The number of aryl methyl sites for hydroxylation is 1. The van der Waals surface area contributed by atoms with Crippen molar-refractivity contribution in [2.24, 2.45) is 0 Å². The highest BCUT2D eigenvalue weighted by Gasteiger charge is 2.18. The highest BCUT2D eigenvalue weighted by molar-refractivity contribution is 6.30. The van der Waals surface area contributed by atoms with Gasteiger partial charge in [-0.05, 0) is 50.2 Å². The number of nitrogens with one attached hydrogen (secondary N) is 2. The van der Waals surface area contributed by atoms with Gasteiger partial charge in [0.2, 0.25) is 0 Å². The third-order valence-corrected chi connectivity index (χ3v) is 3.71. The SMILES string of the molecule is Cc1cccc(C(=O)NCC(=O)OC(C)C(=O)Nc2ccc(Cl)cc2)c1. The molecule has 0 aliphatic carbocycles. The van der Waals surface area contributed by atoms with Crippen LogP contribution in [0.25, 0.3) is 0 Å². The van der Waals surface area contributed by atoms with E-state index in [9.17, 15) is 14.4 Å².